The minimum Gasteiger partial charge on any atom is -0.390 e. The molecule has 1 aliphatic carbocycles. The van der Waals surface area contributed by atoms with Gasteiger partial charge >= 0.3 is 6.03 Å². The van der Waals surface area contributed by atoms with E-state index in [2.05, 4.69) is 10.6 Å². The topological polar surface area (TPSA) is 61.4 Å². The summed E-state index contributed by atoms with van der Waals surface area (Å²) in [6.45, 7) is 0. The highest BCUT2D eigenvalue weighted by Gasteiger charge is 2.31. The van der Waals surface area contributed by atoms with Crippen LogP contribution in [0.15, 0.2) is 42.5 Å². The molecule has 1 aliphatic rings. The van der Waals surface area contributed by atoms with Crippen LogP contribution < -0.4 is 10.6 Å². The molecule has 0 aromatic heterocycles. The molecule has 0 saturated carbocycles. The number of anilines is 1. The molecule has 3 rings (SSSR count). The molecule has 22 heavy (non-hydrogen) atoms. The van der Waals surface area contributed by atoms with Gasteiger partial charge in [0.1, 0.15) is 11.6 Å². The van der Waals surface area contributed by atoms with Gasteiger partial charge in [-0.15, -0.1) is 0 Å². The van der Waals surface area contributed by atoms with Crippen LogP contribution in [0.25, 0.3) is 0 Å². The summed E-state index contributed by atoms with van der Waals surface area (Å²) in [7, 11) is 0. The summed E-state index contributed by atoms with van der Waals surface area (Å²) < 4.78 is 26.3. The van der Waals surface area contributed by atoms with Crippen molar-refractivity contribution in [1.29, 1.82) is 0 Å². The van der Waals surface area contributed by atoms with Gasteiger partial charge < -0.3 is 15.7 Å². The number of benzene rings is 2. The highest BCUT2D eigenvalue weighted by Crippen LogP contribution is 2.31. The van der Waals surface area contributed by atoms with Crippen molar-refractivity contribution in [2.45, 2.75) is 18.6 Å². The zero-order valence-corrected chi connectivity index (χ0v) is 11.5. The Hall–Kier alpha value is -2.47. The second kappa shape index (κ2) is 5.73. The number of rotatable bonds is 2. The number of amides is 2. The smallest absolute Gasteiger partial charge is 0.319 e. The summed E-state index contributed by atoms with van der Waals surface area (Å²) >= 11 is 0. The highest BCUT2D eigenvalue weighted by molar-refractivity contribution is 5.89. The number of halogens is 2. The first kappa shape index (κ1) is 14.5. The van der Waals surface area contributed by atoms with Gasteiger partial charge in [-0.05, 0) is 23.3 Å². The van der Waals surface area contributed by atoms with Crippen LogP contribution in [0.5, 0.6) is 0 Å². The van der Waals surface area contributed by atoms with Crippen molar-refractivity contribution in [3.63, 3.8) is 0 Å². The standard InChI is InChI=1S/C16H14F2N2O2/c17-10-5-6-13(12(18)8-10)19-16(22)20-15-11-4-2-1-3-9(11)7-14(15)21/h1-6,8,14-15,21H,7H2,(H2,19,20,22)/t14-,15+/m0/s1. The Labute approximate surface area is 125 Å². The summed E-state index contributed by atoms with van der Waals surface area (Å²) in [5.41, 5.74) is 1.68. The summed E-state index contributed by atoms with van der Waals surface area (Å²) in [5, 5.41) is 15.0. The fourth-order valence-electron chi connectivity index (χ4n) is 2.64. The molecule has 4 nitrogen and oxygen atoms in total. The second-order valence-electron chi connectivity index (χ2n) is 5.17. The number of hydrogen-bond donors (Lipinski definition) is 3. The van der Waals surface area contributed by atoms with E-state index in [1.54, 1.807) is 0 Å². The summed E-state index contributed by atoms with van der Waals surface area (Å²) in [4.78, 5) is 12.0. The van der Waals surface area contributed by atoms with Crippen LogP contribution in [0.4, 0.5) is 19.3 Å². The molecule has 0 saturated heterocycles. The van der Waals surface area contributed by atoms with E-state index in [9.17, 15) is 18.7 Å². The van der Waals surface area contributed by atoms with Gasteiger partial charge in [-0.1, -0.05) is 24.3 Å². The van der Waals surface area contributed by atoms with E-state index in [-0.39, 0.29) is 5.69 Å². The van der Waals surface area contributed by atoms with Crippen LogP contribution in [-0.4, -0.2) is 17.2 Å². The van der Waals surface area contributed by atoms with Gasteiger partial charge in [-0.2, -0.15) is 0 Å². The van der Waals surface area contributed by atoms with Gasteiger partial charge in [0.15, 0.2) is 0 Å². The third-order valence-corrected chi connectivity index (χ3v) is 3.67. The lowest BCUT2D eigenvalue weighted by Gasteiger charge is -2.18. The molecule has 2 aromatic rings. The summed E-state index contributed by atoms with van der Waals surface area (Å²) in [6, 6.07) is 9.07. The Morgan fingerprint density at radius 2 is 1.95 bits per heavy atom. The van der Waals surface area contributed by atoms with Gasteiger partial charge in [-0.25, -0.2) is 13.6 Å². The van der Waals surface area contributed by atoms with Crippen molar-refractivity contribution in [1.82, 2.24) is 5.32 Å². The first-order chi connectivity index (χ1) is 10.5. The Morgan fingerprint density at radius 1 is 1.18 bits per heavy atom. The first-order valence-corrected chi connectivity index (χ1v) is 6.83. The minimum atomic E-state index is -0.859. The van der Waals surface area contributed by atoms with Gasteiger partial charge in [0.2, 0.25) is 0 Å². The van der Waals surface area contributed by atoms with Crippen molar-refractivity contribution in [3.05, 3.63) is 65.2 Å². The lowest BCUT2D eigenvalue weighted by molar-refractivity contribution is 0.144. The number of carbonyl (C=O) groups is 1. The SMILES string of the molecule is O=C(Nc1ccc(F)cc1F)N[C@@H]1c2ccccc2C[C@@H]1O. The largest absolute Gasteiger partial charge is 0.390 e. The normalized spacial score (nSPS) is 19.6. The molecule has 2 amide bonds. The fourth-order valence-corrected chi connectivity index (χ4v) is 2.64. The number of urea groups is 1. The Bertz CT molecular complexity index is 721. The molecule has 3 N–H and O–H groups in total. The highest BCUT2D eigenvalue weighted by atomic mass is 19.1. The Balaban J connectivity index is 1.72. The average Bonchev–Trinajstić information content (AvgIpc) is 2.78. The van der Waals surface area contributed by atoms with Crippen LogP contribution in [0.1, 0.15) is 17.2 Å². The lowest BCUT2D eigenvalue weighted by atomic mass is 10.1. The third-order valence-electron chi connectivity index (χ3n) is 3.67. The van der Waals surface area contributed by atoms with E-state index >= 15 is 0 Å². The zero-order valence-electron chi connectivity index (χ0n) is 11.5. The third kappa shape index (κ3) is 2.78. The average molecular weight is 304 g/mol. The lowest BCUT2D eigenvalue weighted by Crippen LogP contribution is -2.37. The first-order valence-electron chi connectivity index (χ1n) is 6.83. The fraction of sp³-hybridized carbons (Fsp3) is 0.188. The van der Waals surface area contributed by atoms with Gasteiger partial charge in [0, 0.05) is 12.5 Å². The van der Waals surface area contributed by atoms with Gasteiger partial charge in [-0.3, -0.25) is 0 Å². The number of fused-ring (bicyclic) bond motifs is 1. The Kier molecular flexibility index (Phi) is 3.77. The van der Waals surface area contributed by atoms with Crippen LogP contribution in [0.2, 0.25) is 0 Å². The van der Waals surface area contributed by atoms with Crippen LogP contribution in [0, 0.1) is 11.6 Å². The number of nitrogens with one attached hydrogen (secondary N) is 2. The maximum atomic E-state index is 13.5. The summed E-state index contributed by atoms with van der Waals surface area (Å²) in [6.07, 6.45) is -0.285. The molecule has 2 aromatic carbocycles. The molecule has 0 heterocycles. The van der Waals surface area contributed by atoms with Crippen molar-refractivity contribution >= 4 is 11.7 Å². The molecular weight excluding hydrogens is 290 g/mol. The maximum absolute atomic E-state index is 13.5. The van der Waals surface area contributed by atoms with Crippen molar-refractivity contribution in [3.8, 4) is 0 Å². The molecule has 6 heteroatoms. The van der Waals surface area contributed by atoms with Crippen LogP contribution in [-0.2, 0) is 6.42 Å². The number of aliphatic hydroxyl groups is 1. The molecule has 0 bridgehead atoms. The van der Waals surface area contributed by atoms with E-state index in [4.69, 9.17) is 0 Å². The molecule has 0 spiro atoms. The minimum absolute atomic E-state index is 0.125. The number of hydrogen-bond acceptors (Lipinski definition) is 2. The molecule has 114 valence electrons. The van der Waals surface area contributed by atoms with Crippen molar-refractivity contribution < 1.29 is 18.7 Å². The molecule has 2 atom stereocenters. The molecule has 0 radical (unpaired) electrons. The predicted molar refractivity (Wildman–Crippen MR) is 77.4 cm³/mol. The Morgan fingerprint density at radius 3 is 2.73 bits per heavy atom. The van der Waals surface area contributed by atoms with Gasteiger partial charge in [0.25, 0.3) is 0 Å². The van der Waals surface area contributed by atoms with E-state index in [1.807, 2.05) is 24.3 Å². The second-order valence-corrected chi connectivity index (χ2v) is 5.17. The van der Waals surface area contributed by atoms with Crippen LogP contribution in [0.3, 0.4) is 0 Å². The molecule has 0 unspecified atom stereocenters. The predicted octanol–water partition coefficient (Wildman–Crippen LogP) is 2.74. The number of carbonyl (C=O) groups excluding carboxylic acids is 1. The van der Waals surface area contributed by atoms with E-state index in [1.165, 1.54) is 0 Å². The maximum Gasteiger partial charge on any atom is 0.319 e. The zero-order chi connectivity index (χ0) is 15.7. The number of aliphatic hydroxyl groups excluding tert-OH is 1. The molecule has 0 fully saturated rings. The van der Waals surface area contributed by atoms with E-state index in [0.29, 0.717) is 12.5 Å². The molecular formula is C16H14F2N2O2. The van der Waals surface area contributed by atoms with Crippen molar-refractivity contribution in [2.75, 3.05) is 5.32 Å². The van der Waals surface area contributed by atoms with Gasteiger partial charge in [0.05, 0.1) is 17.8 Å². The molecule has 0 aliphatic heterocycles. The monoisotopic (exact) mass is 304 g/mol. The van der Waals surface area contributed by atoms with Crippen LogP contribution >= 0.6 is 0 Å². The summed E-state index contributed by atoms with van der Waals surface area (Å²) in [5.74, 6) is -1.58. The van der Waals surface area contributed by atoms with Crippen molar-refractivity contribution in [2.24, 2.45) is 0 Å². The van der Waals surface area contributed by atoms with E-state index in [0.717, 1.165) is 23.3 Å². The van der Waals surface area contributed by atoms with E-state index < -0.39 is 29.8 Å². The quantitative estimate of drug-likeness (QED) is 0.799.